The fourth-order valence-corrected chi connectivity index (χ4v) is 2.72. The Kier molecular flexibility index (Phi) is 6.37. The highest BCUT2D eigenvalue weighted by Gasteiger charge is 2.21. The summed E-state index contributed by atoms with van der Waals surface area (Å²) in [6.07, 6.45) is 2.82. The molecule has 2 aromatic carbocycles. The molecular weight excluding hydrogens is 312 g/mol. The van der Waals surface area contributed by atoms with E-state index < -0.39 is 0 Å². The first-order chi connectivity index (χ1) is 12.4. The molecule has 129 valence electrons. The van der Waals surface area contributed by atoms with Gasteiger partial charge < -0.3 is 9.47 Å². The van der Waals surface area contributed by atoms with Gasteiger partial charge in [0.2, 0.25) is 0 Å². The molecule has 0 aromatic heterocycles. The van der Waals surface area contributed by atoms with Crippen LogP contribution in [0.25, 0.3) is 11.4 Å². The SMILES string of the molecule is COCOCCCCC1=NC(c2ccccc2)=C(c2ccccc2)[N]1. The minimum absolute atomic E-state index is 0.350. The number of hydrogen-bond acceptors (Lipinski definition) is 3. The van der Waals surface area contributed by atoms with Crippen molar-refractivity contribution in [1.82, 2.24) is 5.32 Å². The average molecular weight is 335 g/mol. The fraction of sp³-hybridized carbons (Fsp3) is 0.286. The molecule has 0 bridgehead atoms. The lowest BCUT2D eigenvalue weighted by Crippen LogP contribution is -2.10. The summed E-state index contributed by atoms with van der Waals surface area (Å²) in [5.41, 5.74) is 4.11. The Hall–Kier alpha value is -2.43. The highest BCUT2D eigenvalue weighted by Crippen LogP contribution is 2.31. The highest BCUT2D eigenvalue weighted by atomic mass is 16.7. The zero-order valence-electron chi connectivity index (χ0n) is 14.5. The standard InChI is InChI=1S/C21H23N2O2/c1-24-16-25-15-9-8-14-19-22-20(17-10-4-2-5-11-17)21(23-19)18-12-6-3-7-13-18/h2-7,10-13H,8-9,14-16H2,1H3. The number of nitrogens with zero attached hydrogens (tertiary/aromatic N) is 2. The van der Waals surface area contributed by atoms with Gasteiger partial charge in [0.1, 0.15) is 12.6 Å². The number of rotatable bonds is 9. The lowest BCUT2D eigenvalue weighted by atomic mass is 10.1. The molecule has 0 spiro atoms. The van der Waals surface area contributed by atoms with Crippen molar-refractivity contribution in [3.05, 3.63) is 71.8 Å². The van der Waals surface area contributed by atoms with Gasteiger partial charge in [0, 0.05) is 31.3 Å². The summed E-state index contributed by atoms with van der Waals surface area (Å²) in [5, 5.41) is 4.81. The van der Waals surface area contributed by atoms with E-state index >= 15 is 0 Å². The molecule has 0 unspecified atom stereocenters. The summed E-state index contributed by atoms with van der Waals surface area (Å²) in [5.74, 6) is 0.893. The van der Waals surface area contributed by atoms with E-state index in [4.69, 9.17) is 19.8 Å². The van der Waals surface area contributed by atoms with Crippen LogP contribution in [-0.2, 0) is 9.47 Å². The Balaban J connectivity index is 1.69. The third-order valence-electron chi connectivity index (χ3n) is 3.94. The zero-order valence-corrected chi connectivity index (χ0v) is 14.5. The van der Waals surface area contributed by atoms with Crippen molar-refractivity contribution >= 4 is 17.2 Å². The van der Waals surface area contributed by atoms with Gasteiger partial charge in [-0.15, -0.1) is 0 Å². The summed E-state index contributed by atoms with van der Waals surface area (Å²) >= 11 is 0. The summed E-state index contributed by atoms with van der Waals surface area (Å²) in [7, 11) is 1.63. The summed E-state index contributed by atoms with van der Waals surface area (Å²) < 4.78 is 10.2. The minimum atomic E-state index is 0.350. The molecule has 0 atom stereocenters. The molecular formula is C21H23N2O2. The highest BCUT2D eigenvalue weighted by molar-refractivity contribution is 6.07. The lowest BCUT2D eigenvalue weighted by molar-refractivity contribution is -0.0313. The van der Waals surface area contributed by atoms with Crippen LogP contribution in [0.15, 0.2) is 65.7 Å². The monoisotopic (exact) mass is 335 g/mol. The summed E-state index contributed by atoms with van der Waals surface area (Å²) in [6, 6.07) is 20.5. The molecule has 4 nitrogen and oxygen atoms in total. The average Bonchev–Trinajstić information content (AvgIpc) is 3.10. The Labute approximate surface area is 149 Å². The molecule has 0 saturated carbocycles. The van der Waals surface area contributed by atoms with Crippen LogP contribution in [0.1, 0.15) is 30.4 Å². The van der Waals surface area contributed by atoms with Crippen molar-refractivity contribution in [2.45, 2.75) is 19.3 Å². The number of aliphatic imine (C=N–C) groups is 1. The second kappa shape index (κ2) is 9.16. The molecule has 0 aliphatic carbocycles. The van der Waals surface area contributed by atoms with Crippen LogP contribution in [0.3, 0.4) is 0 Å². The van der Waals surface area contributed by atoms with Crippen molar-refractivity contribution in [3.63, 3.8) is 0 Å². The van der Waals surface area contributed by atoms with Crippen LogP contribution >= 0.6 is 0 Å². The van der Waals surface area contributed by atoms with Gasteiger partial charge in [-0.1, -0.05) is 60.7 Å². The maximum Gasteiger partial charge on any atom is 0.146 e. The van der Waals surface area contributed by atoms with Crippen molar-refractivity contribution in [1.29, 1.82) is 0 Å². The number of ether oxygens (including phenoxy) is 2. The van der Waals surface area contributed by atoms with Crippen LogP contribution in [0, 0.1) is 0 Å². The summed E-state index contributed by atoms with van der Waals surface area (Å²) in [6.45, 7) is 1.05. The van der Waals surface area contributed by atoms with E-state index in [0.29, 0.717) is 13.4 Å². The van der Waals surface area contributed by atoms with Gasteiger partial charge in [-0.05, 0) is 12.8 Å². The second-order valence-corrected chi connectivity index (χ2v) is 5.84. The third-order valence-corrected chi connectivity index (χ3v) is 3.94. The van der Waals surface area contributed by atoms with Gasteiger partial charge >= 0.3 is 0 Å². The quantitative estimate of drug-likeness (QED) is 0.506. The van der Waals surface area contributed by atoms with E-state index in [0.717, 1.165) is 47.6 Å². The lowest BCUT2D eigenvalue weighted by Gasteiger charge is -2.06. The summed E-state index contributed by atoms with van der Waals surface area (Å²) in [4.78, 5) is 4.81. The van der Waals surface area contributed by atoms with Gasteiger partial charge in [0.05, 0.1) is 11.4 Å². The first kappa shape index (κ1) is 17.4. The van der Waals surface area contributed by atoms with Crippen LogP contribution < -0.4 is 5.32 Å². The van der Waals surface area contributed by atoms with Crippen LogP contribution in [0.2, 0.25) is 0 Å². The normalized spacial score (nSPS) is 13.7. The Morgan fingerprint density at radius 3 is 2.08 bits per heavy atom. The maximum atomic E-state index is 5.33. The predicted molar refractivity (Wildman–Crippen MR) is 101 cm³/mol. The van der Waals surface area contributed by atoms with Crippen molar-refractivity contribution in [2.24, 2.45) is 4.99 Å². The van der Waals surface area contributed by atoms with Gasteiger partial charge in [-0.3, -0.25) is 0 Å². The number of amidine groups is 1. The molecule has 2 aromatic rings. The molecule has 1 radical (unpaired) electrons. The second-order valence-electron chi connectivity index (χ2n) is 5.84. The molecule has 3 rings (SSSR count). The number of methoxy groups -OCH3 is 1. The van der Waals surface area contributed by atoms with Crippen molar-refractivity contribution in [3.8, 4) is 0 Å². The Morgan fingerprint density at radius 1 is 0.800 bits per heavy atom. The van der Waals surface area contributed by atoms with Gasteiger partial charge in [-0.2, -0.15) is 0 Å². The van der Waals surface area contributed by atoms with Gasteiger partial charge in [-0.25, -0.2) is 10.3 Å². The fourth-order valence-electron chi connectivity index (χ4n) is 2.72. The maximum absolute atomic E-state index is 5.33. The van der Waals surface area contributed by atoms with E-state index in [1.165, 1.54) is 0 Å². The van der Waals surface area contributed by atoms with Gasteiger partial charge in [0.25, 0.3) is 0 Å². The molecule has 1 heterocycles. The molecule has 0 fully saturated rings. The molecule has 0 N–H and O–H groups in total. The number of unbranched alkanes of at least 4 members (excludes halogenated alkanes) is 1. The molecule has 1 aliphatic rings. The van der Waals surface area contributed by atoms with E-state index in [1.54, 1.807) is 7.11 Å². The molecule has 1 aliphatic heterocycles. The number of benzene rings is 2. The molecule has 0 amide bonds. The van der Waals surface area contributed by atoms with Crippen LogP contribution in [-0.4, -0.2) is 26.3 Å². The van der Waals surface area contributed by atoms with E-state index in [9.17, 15) is 0 Å². The predicted octanol–water partition coefficient (Wildman–Crippen LogP) is 4.32. The van der Waals surface area contributed by atoms with E-state index in [-0.39, 0.29) is 0 Å². The minimum Gasteiger partial charge on any atom is -0.359 e. The molecule has 25 heavy (non-hydrogen) atoms. The Morgan fingerprint density at radius 2 is 1.44 bits per heavy atom. The van der Waals surface area contributed by atoms with Crippen molar-refractivity contribution < 1.29 is 9.47 Å². The van der Waals surface area contributed by atoms with Crippen LogP contribution in [0.5, 0.6) is 0 Å². The Bertz CT molecular complexity index is 724. The van der Waals surface area contributed by atoms with E-state index in [2.05, 4.69) is 24.3 Å². The van der Waals surface area contributed by atoms with Crippen LogP contribution in [0.4, 0.5) is 0 Å². The first-order valence-corrected chi connectivity index (χ1v) is 8.59. The number of hydrogen-bond donors (Lipinski definition) is 0. The van der Waals surface area contributed by atoms with Crippen molar-refractivity contribution in [2.75, 3.05) is 20.5 Å². The largest absolute Gasteiger partial charge is 0.359 e. The smallest absolute Gasteiger partial charge is 0.146 e. The molecule has 0 saturated heterocycles. The first-order valence-electron chi connectivity index (χ1n) is 8.59. The van der Waals surface area contributed by atoms with E-state index in [1.807, 2.05) is 36.4 Å². The third kappa shape index (κ3) is 4.78. The molecule has 4 heteroatoms. The topological polar surface area (TPSA) is 44.9 Å². The zero-order chi connectivity index (χ0) is 17.3. The van der Waals surface area contributed by atoms with Gasteiger partial charge in [0.15, 0.2) is 0 Å².